The highest BCUT2D eigenvalue weighted by molar-refractivity contribution is 6.35. The second kappa shape index (κ2) is 8.83. The molecule has 0 radical (unpaired) electrons. The standard InChI is InChI=1S/C22H22ClFN4O2/c23-17-6-3-8-19-16(17)13-26-28(19)12-4-11-25-22(30)20-9-10-21(29)27(20)14-15-5-1-2-7-18(15)24/h1-3,5-8,13,20H,4,9-12,14H2,(H,25,30). The van der Waals surface area contributed by atoms with Gasteiger partial charge in [-0.3, -0.25) is 14.3 Å². The fourth-order valence-corrected chi connectivity index (χ4v) is 4.04. The van der Waals surface area contributed by atoms with Gasteiger partial charge in [0, 0.05) is 37.0 Å². The number of hydrogen-bond donors (Lipinski definition) is 1. The van der Waals surface area contributed by atoms with E-state index in [1.54, 1.807) is 24.4 Å². The number of fused-ring (bicyclic) bond motifs is 1. The molecule has 1 N–H and O–H groups in total. The molecule has 1 saturated heterocycles. The van der Waals surface area contributed by atoms with Crippen LogP contribution >= 0.6 is 11.6 Å². The van der Waals surface area contributed by atoms with Crippen LogP contribution in [-0.2, 0) is 22.7 Å². The lowest BCUT2D eigenvalue weighted by atomic mass is 10.1. The maximum atomic E-state index is 14.0. The molecule has 0 spiro atoms. The van der Waals surface area contributed by atoms with E-state index in [1.807, 2.05) is 22.9 Å². The third kappa shape index (κ3) is 4.16. The van der Waals surface area contributed by atoms with Crippen molar-refractivity contribution in [3.05, 3.63) is 65.1 Å². The average Bonchev–Trinajstić information content (AvgIpc) is 3.32. The molecule has 2 aromatic carbocycles. The smallest absolute Gasteiger partial charge is 0.242 e. The molecule has 1 aromatic heterocycles. The number of nitrogens with zero attached hydrogens (tertiary/aromatic N) is 3. The largest absolute Gasteiger partial charge is 0.354 e. The molecular weight excluding hydrogens is 407 g/mol. The first kappa shape index (κ1) is 20.3. The van der Waals surface area contributed by atoms with E-state index in [-0.39, 0.29) is 24.2 Å². The number of hydrogen-bond acceptors (Lipinski definition) is 3. The highest BCUT2D eigenvalue weighted by Crippen LogP contribution is 2.24. The summed E-state index contributed by atoms with van der Waals surface area (Å²) < 4.78 is 15.8. The van der Waals surface area contributed by atoms with Crippen LogP contribution < -0.4 is 5.32 Å². The highest BCUT2D eigenvalue weighted by Gasteiger charge is 2.36. The molecular formula is C22H22ClFN4O2. The molecule has 1 aliphatic heterocycles. The Bertz CT molecular complexity index is 1080. The number of carbonyl (C=O) groups excluding carboxylic acids is 2. The summed E-state index contributed by atoms with van der Waals surface area (Å²) in [6.45, 7) is 1.19. The van der Waals surface area contributed by atoms with Crippen molar-refractivity contribution in [3.63, 3.8) is 0 Å². The Kier molecular flexibility index (Phi) is 5.99. The maximum Gasteiger partial charge on any atom is 0.242 e. The van der Waals surface area contributed by atoms with Crippen molar-refractivity contribution >= 4 is 34.3 Å². The van der Waals surface area contributed by atoms with E-state index in [4.69, 9.17) is 11.6 Å². The fourth-order valence-electron chi connectivity index (χ4n) is 3.82. The minimum absolute atomic E-state index is 0.101. The van der Waals surface area contributed by atoms with E-state index in [9.17, 15) is 14.0 Å². The Morgan fingerprint density at radius 3 is 2.90 bits per heavy atom. The molecule has 0 saturated carbocycles. The topological polar surface area (TPSA) is 67.2 Å². The van der Waals surface area contributed by atoms with Gasteiger partial charge in [-0.2, -0.15) is 5.10 Å². The number of aromatic nitrogens is 2. The molecule has 2 heterocycles. The van der Waals surface area contributed by atoms with Gasteiger partial charge in [0.05, 0.1) is 16.7 Å². The summed E-state index contributed by atoms with van der Waals surface area (Å²) in [5.74, 6) is -0.702. The molecule has 1 unspecified atom stereocenters. The second-order valence-electron chi connectivity index (χ2n) is 7.35. The summed E-state index contributed by atoms with van der Waals surface area (Å²) in [4.78, 5) is 26.4. The quantitative estimate of drug-likeness (QED) is 0.585. The molecule has 1 aliphatic rings. The van der Waals surface area contributed by atoms with Gasteiger partial charge in [0.15, 0.2) is 0 Å². The van der Waals surface area contributed by atoms with Crippen LogP contribution in [0.1, 0.15) is 24.8 Å². The SMILES string of the molecule is O=C(NCCCn1ncc2c(Cl)cccc21)C1CCC(=O)N1Cc1ccccc1F. The van der Waals surface area contributed by atoms with E-state index in [0.29, 0.717) is 42.9 Å². The van der Waals surface area contributed by atoms with E-state index < -0.39 is 6.04 Å². The van der Waals surface area contributed by atoms with Gasteiger partial charge in [0.25, 0.3) is 0 Å². The van der Waals surface area contributed by atoms with Crippen molar-refractivity contribution in [2.24, 2.45) is 0 Å². The number of rotatable bonds is 7. The monoisotopic (exact) mass is 428 g/mol. The van der Waals surface area contributed by atoms with Crippen molar-refractivity contribution in [1.82, 2.24) is 20.0 Å². The Morgan fingerprint density at radius 2 is 2.07 bits per heavy atom. The van der Waals surface area contributed by atoms with Crippen LogP contribution in [0.2, 0.25) is 5.02 Å². The lowest BCUT2D eigenvalue weighted by Crippen LogP contribution is -2.44. The predicted molar refractivity (Wildman–Crippen MR) is 112 cm³/mol. The fraction of sp³-hybridized carbons (Fsp3) is 0.318. The zero-order valence-electron chi connectivity index (χ0n) is 16.4. The van der Waals surface area contributed by atoms with Gasteiger partial charge in [0.2, 0.25) is 11.8 Å². The molecule has 3 aromatic rings. The first-order valence-electron chi connectivity index (χ1n) is 9.95. The summed E-state index contributed by atoms with van der Waals surface area (Å²) in [6, 6.07) is 11.4. The van der Waals surface area contributed by atoms with Gasteiger partial charge in [-0.1, -0.05) is 35.9 Å². The number of aryl methyl sites for hydroxylation is 1. The molecule has 8 heteroatoms. The van der Waals surface area contributed by atoms with Crippen molar-refractivity contribution in [2.75, 3.05) is 6.54 Å². The van der Waals surface area contributed by atoms with E-state index in [0.717, 1.165) is 10.9 Å². The second-order valence-corrected chi connectivity index (χ2v) is 7.76. The first-order valence-corrected chi connectivity index (χ1v) is 10.3. The first-order chi connectivity index (χ1) is 14.5. The van der Waals surface area contributed by atoms with E-state index in [2.05, 4.69) is 10.4 Å². The number of halogens is 2. The molecule has 156 valence electrons. The number of benzene rings is 2. The summed E-state index contributed by atoms with van der Waals surface area (Å²) >= 11 is 6.17. The van der Waals surface area contributed by atoms with Crippen LogP contribution in [0.4, 0.5) is 4.39 Å². The molecule has 0 bridgehead atoms. The van der Waals surface area contributed by atoms with Crippen LogP contribution in [0.25, 0.3) is 10.9 Å². The van der Waals surface area contributed by atoms with E-state index in [1.165, 1.54) is 11.0 Å². The minimum atomic E-state index is -0.568. The number of amides is 2. The maximum absolute atomic E-state index is 14.0. The molecule has 4 rings (SSSR count). The Hall–Kier alpha value is -2.93. The number of carbonyl (C=O) groups is 2. The van der Waals surface area contributed by atoms with Gasteiger partial charge in [-0.25, -0.2) is 4.39 Å². The van der Waals surface area contributed by atoms with Crippen LogP contribution in [-0.4, -0.2) is 39.1 Å². The number of likely N-dealkylation sites (tertiary alicyclic amines) is 1. The average molecular weight is 429 g/mol. The van der Waals surface area contributed by atoms with Gasteiger partial charge in [-0.15, -0.1) is 0 Å². The van der Waals surface area contributed by atoms with Gasteiger partial charge < -0.3 is 10.2 Å². The molecule has 1 atom stereocenters. The molecule has 1 fully saturated rings. The normalized spacial score (nSPS) is 16.4. The third-order valence-electron chi connectivity index (χ3n) is 5.41. The van der Waals surface area contributed by atoms with Crippen LogP contribution in [0.5, 0.6) is 0 Å². The lowest BCUT2D eigenvalue weighted by molar-refractivity contribution is -0.135. The molecule has 30 heavy (non-hydrogen) atoms. The van der Waals surface area contributed by atoms with Crippen molar-refractivity contribution in [1.29, 1.82) is 0 Å². The predicted octanol–water partition coefficient (Wildman–Crippen LogP) is 3.53. The summed E-state index contributed by atoms with van der Waals surface area (Å²) in [6.07, 6.45) is 3.16. The molecule has 2 amide bonds. The summed E-state index contributed by atoms with van der Waals surface area (Å²) in [5, 5.41) is 8.82. The van der Waals surface area contributed by atoms with Gasteiger partial charge in [-0.05, 0) is 31.0 Å². The Balaban J connectivity index is 1.32. The van der Waals surface area contributed by atoms with Gasteiger partial charge >= 0.3 is 0 Å². The zero-order chi connectivity index (χ0) is 21.1. The van der Waals surface area contributed by atoms with Crippen LogP contribution in [0.3, 0.4) is 0 Å². The third-order valence-corrected chi connectivity index (χ3v) is 5.74. The lowest BCUT2D eigenvalue weighted by Gasteiger charge is -2.24. The number of nitrogens with one attached hydrogen (secondary N) is 1. The minimum Gasteiger partial charge on any atom is -0.354 e. The summed E-state index contributed by atoms with van der Waals surface area (Å²) in [7, 11) is 0. The molecule has 6 nitrogen and oxygen atoms in total. The summed E-state index contributed by atoms with van der Waals surface area (Å²) in [5.41, 5.74) is 1.36. The van der Waals surface area contributed by atoms with Crippen molar-refractivity contribution < 1.29 is 14.0 Å². The Labute approximate surface area is 178 Å². The van der Waals surface area contributed by atoms with E-state index >= 15 is 0 Å². The van der Waals surface area contributed by atoms with Crippen molar-refractivity contribution in [2.45, 2.75) is 38.4 Å². The molecule has 0 aliphatic carbocycles. The highest BCUT2D eigenvalue weighted by atomic mass is 35.5. The van der Waals surface area contributed by atoms with Crippen molar-refractivity contribution in [3.8, 4) is 0 Å². The van der Waals surface area contributed by atoms with Gasteiger partial charge in [0.1, 0.15) is 11.9 Å². The Morgan fingerprint density at radius 1 is 1.23 bits per heavy atom. The zero-order valence-corrected chi connectivity index (χ0v) is 17.1. The van der Waals surface area contributed by atoms with Crippen LogP contribution in [0, 0.1) is 5.82 Å². The van der Waals surface area contributed by atoms with Crippen LogP contribution in [0.15, 0.2) is 48.7 Å².